The Hall–Kier alpha value is -2.20. The van der Waals surface area contributed by atoms with E-state index < -0.39 is 59.9 Å². The summed E-state index contributed by atoms with van der Waals surface area (Å²) in [5, 5.41) is 5.78. The van der Waals surface area contributed by atoms with Gasteiger partial charge in [0, 0.05) is 22.9 Å². The number of allylic oxidation sites excluding steroid dienone is 4. The zero-order chi connectivity index (χ0) is 27.8. The summed E-state index contributed by atoms with van der Waals surface area (Å²) in [5.74, 6) is -3.86. The molecule has 0 heterocycles. The second kappa shape index (κ2) is 8.68. The molecule has 36 heavy (non-hydrogen) atoms. The summed E-state index contributed by atoms with van der Waals surface area (Å²) in [4.78, 5) is 23.8. The van der Waals surface area contributed by atoms with E-state index in [0.29, 0.717) is 0 Å². The Morgan fingerprint density at radius 1 is 0.583 bits per heavy atom. The minimum atomic E-state index is -5.03. The molecule has 0 aromatic carbocycles. The van der Waals surface area contributed by atoms with Crippen LogP contribution < -0.4 is 10.6 Å². The second-order valence-electron chi connectivity index (χ2n) is 10.2. The third kappa shape index (κ3) is 3.58. The Labute approximate surface area is 207 Å². The van der Waals surface area contributed by atoms with Gasteiger partial charge in [0.05, 0.1) is 13.1 Å². The molecule has 1 saturated carbocycles. The molecule has 3 aliphatic rings. The highest BCUT2D eigenvalue weighted by Gasteiger charge is 2.75. The van der Waals surface area contributed by atoms with Crippen LogP contribution in [0.3, 0.4) is 0 Å². The molecule has 0 unspecified atom stereocenters. The molecule has 3 rings (SSSR count). The molecule has 0 amide bonds. The number of halogens is 6. The van der Waals surface area contributed by atoms with Crippen molar-refractivity contribution in [2.45, 2.75) is 79.8 Å². The van der Waals surface area contributed by atoms with Gasteiger partial charge in [0.15, 0.2) is 0 Å². The van der Waals surface area contributed by atoms with Crippen LogP contribution in [-0.2, 0) is 9.59 Å². The molecule has 3 aliphatic carbocycles. The lowest BCUT2D eigenvalue weighted by atomic mass is 9.38. The minimum Gasteiger partial charge on any atom is -0.304 e. The Balaban J connectivity index is 2.23. The van der Waals surface area contributed by atoms with Crippen LogP contribution in [0.1, 0.15) is 55.4 Å². The summed E-state index contributed by atoms with van der Waals surface area (Å²) in [6, 6.07) is -1.51. The third-order valence-electron chi connectivity index (χ3n) is 9.24. The predicted molar refractivity (Wildman–Crippen MR) is 124 cm³/mol. The number of nitrogens with one attached hydrogen (secondary N) is 2. The molecule has 10 heteroatoms. The van der Waals surface area contributed by atoms with Crippen molar-refractivity contribution < 1.29 is 35.9 Å². The number of Topliss-reactive ketones (excluding diaryl/α,β-unsaturated/α-hetero) is 2. The summed E-state index contributed by atoms with van der Waals surface area (Å²) in [6.45, 7) is 12.8. The fraction of sp³-hybridized carbons (Fsp3) is 0.615. The lowest BCUT2D eigenvalue weighted by Gasteiger charge is -2.70. The van der Waals surface area contributed by atoms with Gasteiger partial charge in [-0.15, -0.1) is 0 Å². The molecular weight excluding hydrogens is 486 g/mol. The normalized spacial score (nSPS) is 25.6. The number of rotatable bonds is 6. The highest BCUT2D eigenvalue weighted by molar-refractivity contribution is 5.86. The van der Waals surface area contributed by atoms with Gasteiger partial charge in [-0.05, 0) is 77.7 Å². The van der Waals surface area contributed by atoms with Gasteiger partial charge in [-0.3, -0.25) is 9.59 Å². The predicted octanol–water partition coefficient (Wildman–Crippen LogP) is 5.52. The van der Waals surface area contributed by atoms with Crippen molar-refractivity contribution >= 4 is 11.6 Å². The van der Waals surface area contributed by atoms with Crippen LogP contribution in [0.25, 0.3) is 0 Å². The van der Waals surface area contributed by atoms with Gasteiger partial charge in [0.1, 0.15) is 0 Å². The highest BCUT2D eigenvalue weighted by Crippen LogP contribution is 2.72. The van der Waals surface area contributed by atoms with Crippen LogP contribution >= 0.6 is 0 Å². The first kappa shape index (κ1) is 28.4. The summed E-state index contributed by atoms with van der Waals surface area (Å²) < 4.78 is 78.8. The monoisotopic (exact) mass is 518 g/mol. The Morgan fingerprint density at radius 3 is 1.00 bits per heavy atom. The first-order valence-corrected chi connectivity index (χ1v) is 11.7. The van der Waals surface area contributed by atoms with Crippen molar-refractivity contribution in [1.29, 1.82) is 0 Å². The van der Waals surface area contributed by atoms with Crippen LogP contribution in [0.4, 0.5) is 26.3 Å². The van der Waals surface area contributed by atoms with Crippen LogP contribution in [0.15, 0.2) is 44.6 Å². The van der Waals surface area contributed by atoms with Gasteiger partial charge in [-0.2, -0.15) is 26.3 Å². The molecule has 0 radical (unpaired) electrons. The molecular formula is C26H32F6N2O2. The summed E-state index contributed by atoms with van der Waals surface area (Å²) in [5.41, 5.74) is 4.66. The van der Waals surface area contributed by atoms with E-state index in [1.54, 1.807) is 0 Å². The first-order chi connectivity index (χ1) is 16.3. The summed E-state index contributed by atoms with van der Waals surface area (Å²) >= 11 is 0. The molecule has 0 aliphatic heterocycles. The van der Waals surface area contributed by atoms with E-state index >= 15 is 0 Å². The summed E-state index contributed by atoms with van der Waals surface area (Å²) in [6.07, 6.45) is -10.1. The molecule has 0 aromatic rings. The minimum absolute atomic E-state index is 0.755. The van der Waals surface area contributed by atoms with E-state index in [0.717, 1.165) is 44.6 Å². The van der Waals surface area contributed by atoms with Crippen LogP contribution in [0.2, 0.25) is 0 Å². The van der Waals surface area contributed by atoms with Crippen molar-refractivity contribution in [3.8, 4) is 0 Å². The van der Waals surface area contributed by atoms with Gasteiger partial charge in [0.25, 0.3) is 0 Å². The first-order valence-electron chi connectivity index (χ1n) is 11.7. The zero-order valence-corrected chi connectivity index (χ0v) is 21.7. The van der Waals surface area contributed by atoms with E-state index in [4.69, 9.17) is 0 Å². The molecule has 4 nitrogen and oxygen atoms in total. The lowest BCUT2D eigenvalue weighted by Crippen LogP contribution is -2.81. The Morgan fingerprint density at radius 2 is 0.806 bits per heavy atom. The van der Waals surface area contributed by atoms with Gasteiger partial charge in [0.2, 0.25) is 11.6 Å². The Bertz CT molecular complexity index is 1000. The molecule has 0 bridgehead atoms. The molecule has 0 aromatic heterocycles. The molecule has 2 spiro atoms. The van der Waals surface area contributed by atoms with Crippen molar-refractivity contribution in [2.75, 3.05) is 13.1 Å². The van der Waals surface area contributed by atoms with Gasteiger partial charge >= 0.3 is 12.4 Å². The smallest absolute Gasteiger partial charge is 0.304 e. The maximum absolute atomic E-state index is 13.1. The fourth-order valence-electron chi connectivity index (χ4n) is 6.85. The molecule has 2 N–H and O–H groups in total. The quantitative estimate of drug-likeness (QED) is 0.455. The van der Waals surface area contributed by atoms with Gasteiger partial charge in [-0.25, -0.2) is 0 Å². The zero-order valence-electron chi connectivity index (χ0n) is 21.7. The number of ketones is 2. The molecule has 0 saturated heterocycles. The SMILES string of the molecule is CC1=C(C)C2(C(C)=C1C)C(NCC(=O)C(F)(F)F)C1(C(C)=C(C)C(C)=C1C)C2NCC(=O)C(F)(F)F. The number of hydrogen-bond donors (Lipinski definition) is 2. The maximum atomic E-state index is 13.1. The van der Waals surface area contributed by atoms with Gasteiger partial charge < -0.3 is 10.6 Å². The second-order valence-corrected chi connectivity index (χ2v) is 10.2. The third-order valence-corrected chi connectivity index (χ3v) is 9.24. The lowest BCUT2D eigenvalue weighted by molar-refractivity contribution is -0.172. The standard InChI is InChI=1S/C26H32F6N2O2/c1-11-12(2)16(6)23(15(11)5)21(33-9-19(35)25(27,28)29)24(17(7)13(3)14(4)18(24)8)22(23)34-10-20(36)26(30,31)32/h21-22,33-34H,9-10H2,1-8H3. The number of alkyl halides is 6. The maximum Gasteiger partial charge on any atom is 0.451 e. The van der Waals surface area contributed by atoms with E-state index in [1.165, 1.54) is 0 Å². The Kier molecular flexibility index (Phi) is 6.84. The van der Waals surface area contributed by atoms with Gasteiger partial charge in [-0.1, -0.05) is 22.3 Å². The van der Waals surface area contributed by atoms with E-state index in [1.807, 2.05) is 55.4 Å². The number of carbonyl (C=O) groups excluding carboxylic acids is 2. The topological polar surface area (TPSA) is 58.2 Å². The largest absolute Gasteiger partial charge is 0.451 e. The average molecular weight is 519 g/mol. The van der Waals surface area contributed by atoms with Crippen molar-refractivity contribution in [1.82, 2.24) is 10.6 Å². The average Bonchev–Trinajstić information content (AvgIpc) is 3.05. The van der Waals surface area contributed by atoms with E-state index in [2.05, 4.69) is 10.6 Å². The van der Waals surface area contributed by atoms with E-state index in [-0.39, 0.29) is 0 Å². The van der Waals surface area contributed by atoms with Crippen molar-refractivity contribution in [3.63, 3.8) is 0 Å². The number of hydrogen-bond acceptors (Lipinski definition) is 4. The molecule has 0 atom stereocenters. The molecule has 200 valence electrons. The molecule has 1 fully saturated rings. The number of carbonyl (C=O) groups is 2. The van der Waals surface area contributed by atoms with E-state index in [9.17, 15) is 35.9 Å². The van der Waals surface area contributed by atoms with Crippen LogP contribution in [0, 0.1) is 10.8 Å². The fourth-order valence-corrected chi connectivity index (χ4v) is 6.85. The van der Waals surface area contributed by atoms with Crippen LogP contribution in [0.5, 0.6) is 0 Å². The van der Waals surface area contributed by atoms with Crippen molar-refractivity contribution in [3.05, 3.63) is 44.6 Å². The summed E-state index contributed by atoms with van der Waals surface area (Å²) in [7, 11) is 0. The van der Waals surface area contributed by atoms with Crippen molar-refractivity contribution in [2.24, 2.45) is 10.8 Å². The highest BCUT2D eigenvalue weighted by atomic mass is 19.4. The van der Waals surface area contributed by atoms with Crippen LogP contribution in [-0.4, -0.2) is 49.1 Å².